The first-order valence-corrected chi connectivity index (χ1v) is 8.60. The second-order valence-electron chi connectivity index (χ2n) is 6.35. The molecule has 1 aliphatic rings. The average Bonchev–Trinajstić information content (AvgIpc) is 3.13. The molecule has 0 aromatic carbocycles. The van der Waals surface area contributed by atoms with E-state index in [1.807, 2.05) is 35.7 Å². The number of hydrogen-bond acceptors (Lipinski definition) is 5. The highest BCUT2D eigenvalue weighted by Crippen LogP contribution is 2.18. The fraction of sp³-hybridized carbons (Fsp3) is 0.316. The lowest BCUT2D eigenvalue weighted by atomic mass is 10.1. The molecule has 1 N–H and O–H groups in total. The quantitative estimate of drug-likeness (QED) is 0.777. The highest BCUT2D eigenvalue weighted by molar-refractivity contribution is 5.94. The maximum atomic E-state index is 12.7. The van der Waals surface area contributed by atoms with E-state index in [4.69, 9.17) is 9.47 Å². The fourth-order valence-electron chi connectivity index (χ4n) is 3.00. The van der Waals surface area contributed by atoms with Crippen LogP contribution in [-0.2, 0) is 4.74 Å². The lowest BCUT2D eigenvalue weighted by Gasteiger charge is -2.32. The van der Waals surface area contributed by atoms with Gasteiger partial charge in [-0.1, -0.05) is 0 Å². The lowest BCUT2D eigenvalue weighted by Crippen LogP contribution is -2.51. The molecular formula is C19H20N4O3. The van der Waals surface area contributed by atoms with E-state index < -0.39 is 0 Å². The number of rotatable bonds is 4. The number of pyridine rings is 2. The number of amides is 1. The third-order valence-corrected chi connectivity index (χ3v) is 4.43. The Hall–Kier alpha value is -2.93. The Bertz CT molecular complexity index is 907. The summed E-state index contributed by atoms with van der Waals surface area (Å²) in [5.74, 6) is 0.535. The van der Waals surface area contributed by atoms with E-state index in [9.17, 15) is 4.79 Å². The zero-order valence-electron chi connectivity index (χ0n) is 14.5. The number of carbonyl (C=O) groups excluding carboxylic acids is 1. The third-order valence-electron chi connectivity index (χ3n) is 4.43. The molecule has 4 rings (SSSR count). The van der Waals surface area contributed by atoms with E-state index >= 15 is 0 Å². The molecule has 0 aliphatic carbocycles. The van der Waals surface area contributed by atoms with Crippen LogP contribution in [0.2, 0.25) is 0 Å². The van der Waals surface area contributed by atoms with Crippen LogP contribution in [0.5, 0.6) is 5.75 Å². The summed E-state index contributed by atoms with van der Waals surface area (Å²) in [4.78, 5) is 21.1. The van der Waals surface area contributed by atoms with E-state index in [1.54, 1.807) is 24.7 Å². The van der Waals surface area contributed by atoms with Crippen LogP contribution >= 0.6 is 0 Å². The highest BCUT2D eigenvalue weighted by Gasteiger charge is 2.29. The normalized spacial score (nSPS) is 20.0. The van der Waals surface area contributed by atoms with Gasteiger partial charge in [-0.2, -0.15) is 0 Å². The van der Waals surface area contributed by atoms with Gasteiger partial charge in [0.25, 0.3) is 5.91 Å². The molecule has 2 atom stereocenters. The Labute approximate surface area is 151 Å². The standard InChI is InChI=1S/C19H20N4O3/c1-13-2-4-15(10-21-13)26-17-6-9-25-12-16(17)22-19(24)14-3-5-18-20-7-8-23(18)11-14/h2-5,7-8,10-11,16-17H,6,9,12H2,1H3,(H,22,24)/t16-,17+/m0/s1. The van der Waals surface area contributed by atoms with Gasteiger partial charge in [-0.25, -0.2) is 4.98 Å². The van der Waals surface area contributed by atoms with Gasteiger partial charge in [0.15, 0.2) is 0 Å². The number of ether oxygens (including phenoxy) is 2. The predicted molar refractivity (Wildman–Crippen MR) is 95.3 cm³/mol. The number of carbonyl (C=O) groups is 1. The maximum absolute atomic E-state index is 12.7. The van der Waals surface area contributed by atoms with Crippen molar-refractivity contribution in [3.63, 3.8) is 0 Å². The Balaban J connectivity index is 1.47. The van der Waals surface area contributed by atoms with E-state index in [0.717, 1.165) is 11.3 Å². The number of fused-ring (bicyclic) bond motifs is 1. The smallest absolute Gasteiger partial charge is 0.253 e. The minimum atomic E-state index is -0.226. The Morgan fingerprint density at radius 3 is 3.08 bits per heavy atom. The van der Waals surface area contributed by atoms with Gasteiger partial charge in [-0.3, -0.25) is 9.78 Å². The molecule has 1 aliphatic heterocycles. The largest absolute Gasteiger partial charge is 0.486 e. The summed E-state index contributed by atoms with van der Waals surface area (Å²) in [6.07, 6.45) is 7.53. The number of nitrogens with zero attached hydrogens (tertiary/aromatic N) is 3. The van der Waals surface area contributed by atoms with Crippen molar-refractivity contribution in [1.29, 1.82) is 0 Å². The van der Waals surface area contributed by atoms with Crippen LogP contribution < -0.4 is 10.1 Å². The molecule has 3 aromatic heterocycles. The first-order chi connectivity index (χ1) is 12.7. The summed E-state index contributed by atoms with van der Waals surface area (Å²) >= 11 is 0. The van der Waals surface area contributed by atoms with Gasteiger partial charge in [0, 0.05) is 30.7 Å². The summed E-state index contributed by atoms with van der Waals surface area (Å²) < 4.78 is 13.4. The van der Waals surface area contributed by atoms with E-state index in [1.165, 1.54) is 0 Å². The highest BCUT2D eigenvalue weighted by atomic mass is 16.5. The van der Waals surface area contributed by atoms with Crippen molar-refractivity contribution in [2.24, 2.45) is 0 Å². The second kappa shape index (κ2) is 7.13. The van der Waals surface area contributed by atoms with Crippen molar-refractivity contribution in [2.75, 3.05) is 13.2 Å². The van der Waals surface area contributed by atoms with Gasteiger partial charge in [-0.15, -0.1) is 0 Å². The number of aromatic nitrogens is 3. The molecule has 3 aromatic rings. The van der Waals surface area contributed by atoms with Crippen LogP contribution in [0, 0.1) is 6.92 Å². The molecule has 0 radical (unpaired) electrons. The van der Waals surface area contributed by atoms with Crippen molar-refractivity contribution >= 4 is 11.6 Å². The van der Waals surface area contributed by atoms with Gasteiger partial charge in [0.05, 0.1) is 31.0 Å². The zero-order valence-corrected chi connectivity index (χ0v) is 14.5. The van der Waals surface area contributed by atoms with Gasteiger partial charge < -0.3 is 19.2 Å². The van der Waals surface area contributed by atoms with Crippen LogP contribution in [0.15, 0.2) is 49.1 Å². The molecule has 7 nitrogen and oxygen atoms in total. The summed E-state index contributed by atoms with van der Waals surface area (Å²) in [5, 5.41) is 3.03. The zero-order chi connectivity index (χ0) is 17.9. The minimum absolute atomic E-state index is 0.158. The van der Waals surface area contributed by atoms with Gasteiger partial charge in [0.1, 0.15) is 17.5 Å². The van der Waals surface area contributed by atoms with Crippen LogP contribution in [0.4, 0.5) is 0 Å². The molecule has 1 saturated heterocycles. The molecule has 0 bridgehead atoms. The van der Waals surface area contributed by atoms with Crippen LogP contribution in [0.25, 0.3) is 5.65 Å². The summed E-state index contributed by atoms with van der Waals surface area (Å²) in [7, 11) is 0. The molecule has 7 heteroatoms. The predicted octanol–water partition coefficient (Wildman–Crippen LogP) is 2.00. The molecule has 0 spiro atoms. The second-order valence-corrected chi connectivity index (χ2v) is 6.35. The van der Waals surface area contributed by atoms with Crippen molar-refractivity contribution < 1.29 is 14.3 Å². The summed E-state index contributed by atoms with van der Waals surface area (Å²) in [6, 6.07) is 7.15. The Morgan fingerprint density at radius 1 is 1.31 bits per heavy atom. The molecule has 0 unspecified atom stereocenters. The van der Waals surface area contributed by atoms with Crippen molar-refractivity contribution in [1.82, 2.24) is 19.7 Å². The van der Waals surface area contributed by atoms with Gasteiger partial charge in [-0.05, 0) is 31.2 Å². The molecule has 1 fully saturated rings. The van der Waals surface area contributed by atoms with Crippen molar-refractivity contribution in [2.45, 2.75) is 25.5 Å². The monoisotopic (exact) mass is 352 g/mol. The van der Waals surface area contributed by atoms with Crippen LogP contribution in [0.1, 0.15) is 22.5 Å². The van der Waals surface area contributed by atoms with E-state index in [0.29, 0.717) is 30.9 Å². The number of nitrogens with one attached hydrogen (secondary N) is 1. The number of hydrogen-bond donors (Lipinski definition) is 1. The SMILES string of the molecule is Cc1ccc(O[C@@H]2CCOC[C@@H]2NC(=O)c2ccc3nccn3c2)cn1. The first kappa shape index (κ1) is 16.5. The molecule has 1 amide bonds. The molecule has 0 saturated carbocycles. The average molecular weight is 352 g/mol. The number of imidazole rings is 1. The van der Waals surface area contributed by atoms with Crippen LogP contribution in [-0.4, -0.2) is 45.6 Å². The Kier molecular flexibility index (Phi) is 4.53. The maximum Gasteiger partial charge on any atom is 0.253 e. The summed E-state index contributed by atoms with van der Waals surface area (Å²) in [5.41, 5.74) is 2.30. The van der Waals surface area contributed by atoms with Crippen LogP contribution in [0.3, 0.4) is 0 Å². The van der Waals surface area contributed by atoms with E-state index in [2.05, 4.69) is 15.3 Å². The first-order valence-electron chi connectivity index (χ1n) is 8.60. The van der Waals surface area contributed by atoms with Gasteiger partial charge >= 0.3 is 0 Å². The molecule has 134 valence electrons. The molecule has 4 heterocycles. The van der Waals surface area contributed by atoms with Crippen molar-refractivity contribution in [3.8, 4) is 5.75 Å². The summed E-state index contributed by atoms with van der Waals surface area (Å²) in [6.45, 7) is 2.96. The number of aryl methyl sites for hydroxylation is 1. The van der Waals surface area contributed by atoms with Crippen molar-refractivity contribution in [3.05, 3.63) is 60.3 Å². The Morgan fingerprint density at radius 2 is 2.23 bits per heavy atom. The third kappa shape index (κ3) is 3.52. The topological polar surface area (TPSA) is 77.8 Å². The lowest BCUT2D eigenvalue weighted by molar-refractivity contribution is -0.00301. The minimum Gasteiger partial charge on any atom is -0.486 e. The molecular weight excluding hydrogens is 332 g/mol. The van der Waals surface area contributed by atoms with E-state index in [-0.39, 0.29) is 18.1 Å². The molecule has 26 heavy (non-hydrogen) atoms. The fourth-order valence-corrected chi connectivity index (χ4v) is 3.00. The van der Waals surface area contributed by atoms with Gasteiger partial charge in [0.2, 0.25) is 0 Å².